The summed E-state index contributed by atoms with van der Waals surface area (Å²) in [5, 5.41) is 11.0. The van der Waals surface area contributed by atoms with E-state index in [2.05, 4.69) is 13.5 Å². The van der Waals surface area contributed by atoms with E-state index in [1.54, 1.807) is 14.0 Å². The van der Waals surface area contributed by atoms with Gasteiger partial charge < -0.3 is 38.3 Å². The molecule has 1 spiro atoms. The fourth-order valence-corrected chi connectivity index (χ4v) is 6.93. The van der Waals surface area contributed by atoms with Crippen LogP contribution >= 0.6 is 0 Å². The molecular formula is C36H58O10. The van der Waals surface area contributed by atoms with Crippen molar-refractivity contribution in [2.24, 2.45) is 17.3 Å². The third kappa shape index (κ3) is 9.27. The molecule has 0 aliphatic carbocycles. The monoisotopic (exact) mass is 650 g/mol. The van der Waals surface area contributed by atoms with E-state index in [1.165, 1.54) is 6.08 Å². The first-order valence-corrected chi connectivity index (χ1v) is 17.1. The van der Waals surface area contributed by atoms with Crippen molar-refractivity contribution in [3.05, 3.63) is 24.3 Å². The normalized spacial score (nSPS) is 36.4. The standard InChI is InChI=1S/C36H58O10/c1-10-22(2)30(37)31(38)32-28(40-9)14-16-36(46-32)20-24(23(3)21-42-36)18-26-19-29(45-35(7,8)44-26)27-13-11-12-25(43-27)15-17-41-33(39)34(4,5)6/h10,20,22-23,25-29,31-32,38H,1,11-19,21H2,2-9H3/t22-,23-,25+,26+,27-,28-,29-,31-,32-,36+/m0/s1. The number of hydrogen-bond acceptors (Lipinski definition) is 10. The van der Waals surface area contributed by atoms with Crippen molar-refractivity contribution in [2.75, 3.05) is 20.3 Å². The Morgan fingerprint density at radius 3 is 2.54 bits per heavy atom. The quantitative estimate of drug-likeness (QED) is 0.229. The summed E-state index contributed by atoms with van der Waals surface area (Å²) in [7, 11) is 1.57. The molecule has 0 radical (unpaired) electrons. The van der Waals surface area contributed by atoms with Gasteiger partial charge >= 0.3 is 5.97 Å². The van der Waals surface area contributed by atoms with Crippen LogP contribution in [0.15, 0.2) is 24.3 Å². The Morgan fingerprint density at radius 2 is 1.87 bits per heavy atom. The summed E-state index contributed by atoms with van der Waals surface area (Å²) < 4.78 is 43.3. The number of methoxy groups -OCH3 is 1. The Labute approximate surface area is 275 Å². The number of aliphatic hydroxyl groups is 1. The van der Waals surface area contributed by atoms with Gasteiger partial charge in [-0.2, -0.15) is 0 Å². The van der Waals surface area contributed by atoms with Crippen LogP contribution in [0.25, 0.3) is 0 Å². The molecule has 4 aliphatic heterocycles. The zero-order valence-corrected chi connectivity index (χ0v) is 29.3. The zero-order valence-electron chi connectivity index (χ0n) is 29.3. The number of hydrogen-bond donors (Lipinski definition) is 1. The Balaban J connectivity index is 1.43. The number of ether oxygens (including phenoxy) is 7. The second-order valence-electron chi connectivity index (χ2n) is 15.1. The molecule has 0 saturated carbocycles. The number of carbonyl (C=O) groups is 2. The number of esters is 1. The van der Waals surface area contributed by atoms with E-state index < -0.39 is 41.2 Å². The summed E-state index contributed by atoms with van der Waals surface area (Å²) in [6, 6.07) is 0. The molecule has 0 aromatic rings. The summed E-state index contributed by atoms with van der Waals surface area (Å²) in [6.45, 7) is 17.8. The molecule has 0 bridgehead atoms. The topological polar surface area (TPSA) is 119 Å². The molecule has 4 rings (SSSR count). The second kappa shape index (κ2) is 15.3. The lowest BCUT2D eigenvalue weighted by Gasteiger charge is -2.48. The molecule has 10 heteroatoms. The van der Waals surface area contributed by atoms with Gasteiger partial charge in [0.05, 0.1) is 49.1 Å². The van der Waals surface area contributed by atoms with Gasteiger partial charge in [0.2, 0.25) is 0 Å². The second-order valence-corrected chi connectivity index (χ2v) is 15.1. The molecule has 262 valence electrons. The molecule has 0 amide bonds. The average Bonchev–Trinajstić information content (AvgIpc) is 3.00. The van der Waals surface area contributed by atoms with Crippen molar-refractivity contribution >= 4 is 11.8 Å². The van der Waals surface area contributed by atoms with Gasteiger partial charge in [-0.15, -0.1) is 6.58 Å². The third-order valence-corrected chi connectivity index (χ3v) is 9.73. The molecule has 4 aliphatic rings. The molecule has 3 saturated heterocycles. The van der Waals surface area contributed by atoms with Crippen LogP contribution in [0.1, 0.15) is 99.8 Å². The van der Waals surface area contributed by atoms with Crippen molar-refractivity contribution in [3.63, 3.8) is 0 Å². The Hall–Kier alpha value is -1.66. The van der Waals surface area contributed by atoms with E-state index in [-0.39, 0.29) is 42.1 Å². The van der Waals surface area contributed by atoms with Gasteiger partial charge in [0, 0.05) is 38.2 Å². The van der Waals surface area contributed by atoms with Gasteiger partial charge in [-0.25, -0.2) is 0 Å². The van der Waals surface area contributed by atoms with Gasteiger partial charge in [-0.05, 0) is 72.8 Å². The summed E-state index contributed by atoms with van der Waals surface area (Å²) in [6.07, 6.45) is 6.60. The van der Waals surface area contributed by atoms with E-state index in [4.69, 9.17) is 33.2 Å². The van der Waals surface area contributed by atoms with Crippen LogP contribution < -0.4 is 0 Å². The fraction of sp³-hybridized carbons (Fsp3) is 0.833. The van der Waals surface area contributed by atoms with Crippen LogP contribution in [0.4, 0.5) is 0 Å². The largest absolute Gasteiger partial charge is 0.465 e. The maximum Gasteiger partial charge on any atom is 0.311 e. The summed E-state index contributed by atoms with van der Waals surface area (Å²) in [5.74, 6) is -2.77. The predicted molar refractivity (Wildman–Crippen MR) is 172 cm³/mol. The summed E-state index contributed by atoms with van der Waals surface area (Å²) >= 11 is 0. The highest BCUT2D eigenvalue weighted by Crippen LogP contribution is 2.42. The van der Waals surface area contributed by atoms with Crippen molar-refractivity contribution in [3.8, 4) is 0 Å². The lowest BCUT2D eigenvalue weighted by molar-refractivity contribution is -0.320. The van der Waals surface area contributed by atoms with Crippen LogP contribution in [-0.4, -0.2) is 91.5 Å². The first-order valence-electron chi connectivity index (χ1n) is 17.1. The van der Waals surface area contributed by atoms with E-state index >= 15 is 0 Å². The highest BCUT2D eigenvalue weighted by atomic mass is 16.7. The Kier molecular flexibility index (Phi) is 12.3. The molecule has 1 N–H and O–H groups in total. The Morgan fingerprint density at radius 1 is 1.13 bits per heavy atom. The zero-order chi connectivity index (χ0) is 33.9. The molecule has 46 heavy (non-hydrogen) atoms. The SMILES string of the molecule is C=C[C@H](C)C(=O)[C@H](O)[C@H]1O[C@@]2(C=C(C[C@@H]3C[C@@H]([C@@H]4CCC[C@H](CCOC(=O)C(C)(C)C)O4)OC(C)(C)O3)[C@@H](C)CO2)CC[C@@H]1OC. The van der Waals surface area contributed by atoms with E-state index in [9.17, 15) is 14.7 Å². The number of carbonyl (C=O) groups excluding carboxylic acids is 2. The van der Waals surface area contributed by atoms with E-state index in [0.717, 1.165) is 24.8 Å². The van der Waals surface area contributed by atoms with E-state index in [0.29, 0.717) is 45.3 Å². The van der Waals surface area contributed by atoms with Gasteiger partial charge in [-0.3, -0.25) is 9.59 Å². The highest BCUT2D eigenvalue weighted by molar-refractivity contribution is 5.87. The maximum atomic E-state index is 12.9. The van der Waals surface area contributed by atoms with Crippen molar-refractivity contribution in [2.45, 2.75) is 154 Å². The van der Waals surface area contributed by atoms with Gasteiger partial charge in [-0.1, -0.05) is 25.5 Å². The number of ketones is 1. The first kappa shape index (κ1) is 37.2. The number of aliphatic hydroxyl groups excluding tert-OH is 1. The minimum Gasteiger partial charge on any atom is -0.465 e. The van der Waals surface area contributed by atoms with Gasteiger partial charge in [0.15, 0.2) is 17.4 Å². The Bertz CT molecular complexity index is 1090. The number of Topliss-reactive ketones (excluding diaryl/α,β-unsaturated/α-hetero) is 1. The molecule has 10 nitrogen and oxygen atoms in total. The van der Waals surface area contributed by atoms with Crippen molar-refractivity contribution in [1.82, 2.24) is 0 Å². The minimum atomic E-state index is -1.36. The molecule has 3 fully saturated rings. The highest BCUT2D eigenvalue weighted by Gasteiger charge is 2.49. The maximum absolute atomic E-state index is 12.9. The van der Waals surface area contributed by atoms with Crippen molar-refractivity contribution < 1.29 is 47.9 Å². The third-order valence-electron chi connectivity index (χ3n) is 9.73. The van der Waals surface area contributed by atoms with Crippen LogP contribution in [0, 0.1) is 17.3 Å². The van der Waals surface area contributed by atoms with Crippen LogP contribution in [0.5, 0.6) is 0 Å². The number of rotatable bonds is 11. The fourth-order valence-electron chi connectivity index (χ4n) is 6.93. The molecule has 0 unspecified atom stereocenters. The lowest BCUT2D eigenvalue weighted by atomic mass is 9.85. The summed E-state index contributed by atoms with van der Waals surface area (Å²) in [5.41, 5.74) is 0.635. The molecule has 4 heterocycles. The molecule has 0 aromatic carbocycles. The number of allylic oxidation sites excluding steroid dienone is 1. The van der Waals surface area contributed by atoms with Crippen molar-refractivity contribution in [1.29, 1.82) is 0 Å². The predicted octanol–water partition coefficient (Wildman–Crippen LogP) is 5.44. The minimum absolute atomic E-state index is 0.0154. The van der Waals surface area contributed by atoms with Gasteiger partial charge in [0.1, 0.15) is 12.2 Å². The molecule has 10 atom stereocenters. The lowest BCUT2D eigenvalue weighted by Crippen LogP contribution is -2.57. The molecule has 0 aromatic heterocycles. The average molecular weight is 651 g/mol. The first-order chi connectivity index (χ1) is 21.6. The van der Waals surface area contributed by atoms with Gasteiger partial charge in [0.25, 0.3) is 0 Å². The smallest absolute Gasteiger partial charge is 0.311 e. The van der Waals surface area contributed by atoms with Crippen LogP contribution in [-0.2, 0) is 42.7 Å². The van der Waals surface area contributed by atoms with Crippen LogP contribution in [0.2, 0.25) is 0 Å². The van der Waals surface area contributed by atoms with Crippen LogP contribution in [0.3, 0.4) is 0 Å². The summed E-state index contributed by atoms with van der Waals surface area (Å²) in [4.78, 5) is 25.1. The molecular weight excluding hydrogens is 592 g/mol. The van der Waals surface area contributed by atoms with E-state index in [1.807, 2.05) is 40.7 Å².